The van der Waals surface area contributed by atoms with Gasteiger partial charge in [-0.3, -0.25) is 19.4 Å². The molecular formula is C21H23ClN2O5. The third-order valence-electron chi connectivity index (χ3n) is 4.70. The fraction of sp³-hybridized carbons (Fsp3) is 0.333. The molecule has 1 aromatic heterocycles. The molecule has 1 heterocycles. The van der Waals surface area contributed by atoms with Crippen LogP contribution < -0.4 is 5.32 Å². The number of nitrogens with one attached hydrogen (secondary N) is 1. The van der Waals surface area contributed by atoms with Crippen molar-refractivity contribution in [1.29, 1.82) is 0 Å². The Bertz CT molecular complexity index is 842. The van der Waals surface area contributed by atoms with Crippen LogP contribution in [-0.4, -0.2) is 39.1 Å². The number of carbonyl (C=O) groups is 3. The molecule has 29 heavy (non-hydrogen) atoms. The van der Waals surface area contributed by atoms with Crippen LogP contribution in [0.1, 0.15) is 36.8 Å². The molecule has 0 aliphatic rings. The fourth-order valence-electron chi connectivity index (χ4n) is 3.16. The summed E-state index contributed by atoms with van der Waals surface area (Å²) in [5.74, 6) is -4.42. The minimum Gasteiger partial charge on any atom is -0.481 e. The lowest BCUT2D eigenvalue weighted by Crippen LogP contribution is -2.39. The molecule has 1 aromatic carbocycles. The zero-order valence-corrected chi connectivity index (χ0v) is 16.7. The molecule has 0 radical (unpaired) electrons. The van der Waals surface area contributed by atoms with E-state index >= 15 is 0 Å². The lowest BCUT2D eigenvalue weighted by Gasteiger charge is -2.26. The molecule has 0 bridgehead atoms. The minimum absolute atomic E-state index is 0.0960. The van der Waals surface area contributed by atoms with Gasteiger partial charge in [0.15, 0.2) is 0 Å². The number of aliphatic carboxylic acids is 2. The fourth-order valence-corrected chi connectivity index (χ4v) is 3.29. The van der Waals surface area contributed by atoms with E-state index in [2.05, 4.69) is 10.3 Å². The minimum atomic E-state index is -1.30. The molecule has 1 amide bonds. The van der Waals surface area contributed by atoms with Crippen LogP contribution >= 0.6 is 11.6 Å². The van der Waals surface area contributed by atoms with E-state index in [0.29, 0.717) is 11.4 Å². The maximum absolute atomic E-state index is 12.4. The normalized spacial score (nSPS) is 13.9. The lowest BCUT2D eigenvalue weighted by molar-refractivity contribution is -0.149. The molecule has 8 heteroatoms. The number of benzene rings is 1. The Balaban J connectivity index is 2.14. The van der Waals surface area contributed by atoms with Gasteiger partial charge < -0.3 is 15.5 Å². The second kappa shape index (κ2) is 10.6. The van der Waals surface area contributed by atoms with Crippen LogP contribution in [0.3, 0.4) is 0 Å². The van der Waals surface area contributed by atoms with Gasteiger partial charge in [-0.05, 0) is 48.7 Å². The molecule has 154 valence electrons. The van der Waals surface area contributed by atoms with Gasteiger partial charge in [0.05, 0.1) is 12.3 Å². The van der Waals surface area contributed by atoms with Crippen molar-refractivity contribution in [3.63, 3.8) is 0 Å². The Kier molecular flexibility index (Phi) is 8.15. The highest BCUT2D eigenvalue weighted by Gasteiger charge is 2.27. The number of rotatable bonds is 10. The van der Waals surface area contributed by atoms with E-state index in [1.807, 2.05) is 31.2 Å². The zero-order valence-electron chi connectivity index (χ0n) is 15.9. The van der Waals surface area contributed by atoms with E-state index in [9.17, 15) is 14.4 Å². The van der Waals surface area contributed by atoms with Gasteiger partial charge in [0, 0.05) is 35.8 Å². The van der Waals surface area contributed by atoms with Gasteiger partial charge in [0.25, 0.3) is 0 Å². The Labute approximate surface area is 173 Å². The van der Waals surface area contributed by atoms with Crippen molar-refractivity contribution in [2.75, 3.05) is 0 Å². The third kappa shape index (κ3) is 7.19. The first kappa shape index (κ1) is 22.4. The van der Waals surface area contributed by atoms with E-state index < -0.39 is 36.6 Å². The van der Waals surface area contributed by atoms with Gasteiger partial charge in [-0.15, -0.1) is 0 Å². The van der Waals surface area contributed by atoms with Crippen LogP contribution in [0.2, 0.25) is 5.02 Å². The van der Waals surface area contributed by atoms with Crippen LogP contribution in [0.5, 0.6) is 0 Å². The van der Waals surface area contributed by atoms with Crippen molar-refractivity contribution >= 4 is 29.4 Å². The van der Waals surface area contributed by atoms with Gasteiger partial charge in [-0.1, -0.05) is 23.7 Å². The van der Waals surface area contributed by atoms with Crippen LogP contribution in [-0.2, 0) is 20.8 Å². The van der Waals surface area contributed by atoms with Gasteiger partial charge in [-0.2, -0.15) is 0 Å². The molecule has 0 aliphatic carbocycles. The summed E-state index contributed by atoms with van der Waals surface area (Å²) in [5.41, 5.74) is 2.01. The van der Waals surface area contributed by atoms with E-state index in [1.165, 1.54) is 0 Å². The van der Waals surface area contributed by atoms with Gasteiger partial charge in [0.1, 0.15) is 0 Å². The van der Waals surface area contributed by atoms with Gasteiger partial charge in [0.2, 0.25) is 5.91 Å². The molecule has 3 unspecified atom stereocenters. The van der Waals surface area contributed by atoms with Crippen LogP contribution in [0, 0.1) is 5.92 Å². The summed E-state index contributed by atoms with van der Waals surface area (Å²) >= 11 is 5.99. The van der Waals surface area contributed by atoms with Crippen molar-refractivity contribution in [3.05, 3.63) is 64.9 Å². The molecule has 0 saturated carbocycles. The summed E-state index contributed by atoms with van der Waals surface area (Å²) in [6.07, 6.45) is 3.02. The second-order valence-electron chi connectivity index (χ2n) is 6.91. The highest BCUT2D eigenvalue weighted by atomic mass is 35.5. The first-order chi connectivity index (χ1) is 13.8. The number of hydrogen-bond acceptors (Lipinski definition) is 4. The smallest absolute Gasteiger partial charge is 0.307 e. The predicted molar refractivity (Wildman–Crippen MR) is 108 cm³/mol. The number of carboxylic acid groups (broad SMARTS) is 2. The summed E-state index contributed by atoms with van der Waals surface area (Å²) in [7, 11) is 0. The Hall–Kier alpha value is -2.93. The molecule has 0 aliphatic heterocycles. The number of carboxylic acids is 2. The van der Waals surface area contributed by atoms with Crippen molar-refractivity contribution in [3.8, 4) is 0 Å². The Morgan fingerprint density at radius 1 is 1.03 bits per heavy atom. The maximum atomic E-state index is 12.4. The third-order valence-corrected chi connectivity index (χ3v) is 4.95. The largest absolute Gasteiger partial charge is 0.481 e. The molecule has 7 nitrogen and oxygen atoms in total. The highest BCUT2D eigenvalue weighted by Crippen LogP contribution is 2.26. The molecule has 3 N–H and O–H groups in total. The predicted octanol–water partition coefficient (Wildman–Crippen LogP) is 3.13. The Morgan fingerprint density at radius 3 is 2.21 bits per heavy atom. The van der Waals surface area contributed by atoms with Crippen molar-refractivity contribution in [1.82, 2.24) is 10.3 Å². The van der Waals surface area contributed by atoms with Gasteiger partial charge in [-0.25, -0.2) is 0 Å². The summed E-state index contributed by atoms with van der Waals surface area (Å²) < 4.78 is 0. The lowest BCUT2D eigenvalue weighted by atomic mass is 9.86. The topological polar surface area (TPSA) is 117 Å². The first-order valence-corrected chi connectivity index (χ1v) is 9.52. The number of halogens is 1. The Morgan fingerprint density at radius 2 is 1.66 bits per heavy atom. The monoisotopic (exact) mass is 418 g/mol. The van der Waals surface area contributed by atoms with Crippen molar-refractivity contribution in [2.45, 2.75) is 38.1 Å². The average Bonchev–Trinajstić information content (AvgIpc) is 2.66. The molecule has 3 atom stereocenters. The van der Waals surface area contributed by atoms with Crippen molar-refractivity contribution in [2.24, 2.45) is 5.92 Å². The summed E-state index contributed by atoms with van der Waals surface area (Å²) in [5, 5.41) is 21.4. The molecule has 0 saturated heterocycles. The molecule has 0 spiro atoms. The number of carbonyl (C=O) groups excluding carboxylic acids is 1. The molecule has 2 rings (SSSR count). The van der Waals surface area contributed by atoms with Crippen LogP contribution in [0.25, 0.3) is 0 Å². The van der Waals surface area contributed by atoms with Crippen LogP contribution in [0.4, 0.5) is 0 Å². The van der Waals surface area contributed by atoms with Crippen molar-refractivity contribution < 1.29 is 24.6 Å². The number of hydrogen-bond donors (Lipinski definition) is 3. The van der Waals surface area contributed by atoms with E-state index in [1.54, 1.807) is 24.5 Å². The highest BCUT2D eigenvalue weighted by molar-refractivity contribution is 6.30. The maximum Gasteiger partial charge on any atom is 0.307 e. The summed E-state index contributed by atoms with van der Waals surface area (Å²) in [6.45, 7) is 1.84. The first-order valence-electron chi connectivity index (χ1n) is 9.14. The van der Waals surface area contributed by atoms with E-state index in [4.69, 9.17) is 21.8 Å². The number of aromatic nitrogens is 1. The molecule has 2 aromatic rings. The summed E-state index contributed by atoms with van der Waals surface area (Å²) in [6, 6.07) is 10.8. The molecular weight excluding hydrogens is 396 g/mol. The summed E-state index contributed by atoms with van der Waals surface area (Å²) in [4.78, 5) is 38.5. The van der Waals surface area contributed by atoms with E-state index in [0.717, 1.165) is 11.1 Å². The average molecular weight is 419 g/mol. The number of pyridine rings is 1. The number of nitrogens with zero attached hydrogens (tertiary/aromatic N) is 1. The van der Waals surface area contributed by atoms with E-state index in [-0.39, 0.29) is 12.0 Å². The van der Waals surface area contributed by atoms with Gasteiger partial charge >= 0.3 is 11.9 Å². The number of amides is 1. The SMILES string of the molecule is CC(NC(=O)CC(CC(=O)O)C(=O)O)C(Cc1ccncc1)c1ccc(Cl)cc1. The van der Waals surface area contributed by atoms with Crippen LogP contribution in [0.15, 0.2) is 48.8 Å². The molecule has 0 fully saturated rings. The zero-order chi connectivity index (χ0) is 21.4. The standard InChI is InChI=1S/C21H23ClN2O5/c1-13(24-19(25)11-16(21(28)29)12-20(26)27)18(10-14-6-8-23-9-7-14)15-2-4-17(22)5-3-15/h2-9,13,16,18H,10-12H2,1H3,(H,24,25)(H,26,27)(H,28,29). The second-order valence-corrected chi connectivity index (χ2v) is 7.35. The quantitative estimate of drug-likeness (QED) is 0.545.